The number of hydrogen-bond donors (Lipinski definition) is 1. The molecule has 4 nitrogen and oxygen atoms in total. The SMILES string of the molecule is CC(CC(N)=O)N=O. The minimum absolute atomic E-state index is 0.0451. The molecule has 0 aromatic rings. The molecule has 2 N–H and O–H groups in total. The van der Waals surface area contributed by atoms with Crippen LogP contribution >= 0.6 is 0 Å². The quantitative estimate of drug-likeness (QED) is 0.528. The van der Waals surface area contributed by atoms with Crippen molar-refractivity contribution in [2.45, 2.75) is 19.4 Å². The number of rotatable bonds is 3. The van der Waals surface area contributed by atoms with Gasteiger partial charge in [0, 0.05) is 0 Å². The van der Waals surface area contributed by atoms with E-state index in [9.17, 15) is 9.70 Å². The molecule has 0 aliphatic heterocycles. The predicted molar refractivity (Wildman–Crippen MR) is 29.1 cm³/mol. The van der Waals surface area contributed by atoms with E-state index in [-0.39, 0.29) is 6.42 Å². The first kappa shape index (κ1) is 7.07. The number of nitrogens with two attached hydrogens (primary N) is 1. The van der Waals surface area contributed by atoms with Gasteiger partial charge in [0.25, 0.3) is 0 Å². The second-order valence-electron chi connectivity index (χ2n) is 1.62. The second-order valence-corrected chi connectivity index (χ2v) is 1.62. The Kier molecular flexibility index (Phi) is 2.76. The number of nitrogens with zero attached hydrogens (tertiary/aromatic N) is 1. The van der Waals surface area contributed by atoms with Gasteiger partial charge < -0.3 is 5.73 Å². The van der Waals surface area contributed by atoms with Crippen LogP contribution in [0.3, 0.4) is 0 Å². The molecule has 0 spiro atoms. The first-order valence-electron chi connectivity index (χ1n) is 2.27. The minimum Gasteiger partial charge on any atom is -0.370 e. The van der Waals surface area contributed by atoms with Crippen molar-refractivity contribution in [3.63, 3.8) is 0 Å². The summed E-state index contributed by atoms with van der Waals surface area (Å²) in [4.78, 5) is 19.6. The predicted octanol–water partition coefficient (Wildman–Crippen LogP) is 0.0167. The van der Waals surface area contributed by atoms with Crippen molar-refractivity contribution in [3.05, 3.63) is 4.91 Å². The molecular weight excluding hydrogens is 108 g/mol. The van der Waals surface area contributed by atoms with Gasteiger partial charge in [-0.1, -0.05) is 5.18 Å². The molecule has 1 unspecified atom stereocenters. The van der Waals surface area contributed by atoms with Crippen LogP contribution in [0.15, 0.2) is 5.18 Å². The highest BCUT2D eigenvalue weighted by Gasteiger charge is 2.02. The van der Waals surface area contributed by atoms with Gasteiger partial charge in [-0.25, -0.2) is 0 Å². The molecule has 1 atom stereocenters. The zero-order valence-corrected chi connectivity index (χ0v) is 4.63. The molecule has 0 aromatic carbocycles. The van der Waals surface area contributed by atoms with Gasteiger partial charge in [0.05, 0.1) is 12.5 Å². The van der Waals surface area contributed by atoms with E-state index in [0.29, 0.717) is 0 Å². The van der Waals surface area contributed by atoms with Crippen molar-refractivity contribution in [2.75, 3.05) is 0 Å². The molecule has 0 radical (unpaired) electrons. The van der Waals surface area contributed by atoms with Gasteiger partial charge in [-0.05, 0) is 6.92 Å². The highest BCUT2D eigenvalue weighted by Crippen LogP contribution is 1.92. The molecule has 0 saturated heterocycles. The van der Waals surface area contributed by atoms with E-state index < -0.39 is 11.9 Å². The Labute approximate surface area is 47.0 Å². The minimum atomic E-state index is -0.489. The Morgan fingerprint density at radius 1 is 1.88 bits per heavy atom. The number of amides is 1. The molecule has 0 fully saturated rings. The van der Waals surface area contributed by atoms with Crippen molar-refractivity contribution < 1.29 is 4.79 Å². The number of carbonyl (C=O) groups is 1. The molecule has 1 amide bonds. The van der Waals surface area contributed by atoms with Crippen LogP contribution in [0.4, 0.5) is 0 Å². The molecule has 46 valence electrons. The van der Waals surface area contributed by atoms with E-state index in [2.05, 4.69) is 5.18 Å². The van der Waals surface area contributed by atoms with Gasteiger partial charge in [-0.3, -0.25) is 4.79 Å². The third-order valence-corrected chi connectivity index (χ3v) is 0.677. The zero-order valence-electron chi connectivity index (χ0n) is 4.63. The van der Waals surface area contributed by atoms with E-state index in [1.807, 2.05) is 0 Å². The maximum atomic E-state index is 9.99. The van der Waals surface area contributed by atoms with Crippen LogP contribution < -0.4 is 5.73 Å². The van der Waals surface area contributed by atoms with Gasteiger partial charge in [-0.15, -0.1) is 0 Å². The lowest BCUT2D eigenvalue weighted by Crippen LogP contribution is -2.15. The fourth-order valence-corrected chi connectivity index (χ4v) is 0.328. The standard InChI is InChI=1S/C4H8N2O2/c1-3(6-8)2-4(5)7/h3H,2H2,1H3,(H2,5,7). The Hall–Kier alpha value is -0.930. The number of nitroso groups, excluding NO2 is 1. The lowest BCUT2D eigenvalue weighted by atomic mass is 10.2. The summed E-state index contributed by atoms with van der Waals surface area (Å²) in [6, 6.07) is -0.479. The average molecular weight is 116 g/mol. The Morgan fingerprint density at radius 2 is 2.38 bits per heavy atom. The largest absolute Gasteiger partial charge is 0.370 e. The van der Waals surface area contributed by atoms with Gasteiger partial charge in [0.2, 0.25) is 5.91 Å². The molecule has 4 heteroatoms. The van der Waals surface area contributed by atoms with Crippen LogP contribution in [-0.4, -0.2) is 11.9 Å². The van der Waals surface area contributed by atoms with Gasteiger partial charge in [-0.2, -0.15) is 4.91 Å². The van der Waals surface area contributed by atoms with Gasteiger partial charge in [0.15, 0.2) is 0 Å². The fraction of sp³-hybridized carbons (Fsp3) is 0.750. The van der Waals surface area contributed by atoms with Crippen LogP contribution in [0.1, 0.15) is 13.3 Å². The Morgan fingerprint density at radius 3 is 2.50 bits per heavy atom. The van der Waals surface area contributed by atoms with Crippen molar-refractivity contribution >= 4 is 5.91 Å². The first-order chi connectivity index (χ1) is 3.66. The smallest absolute Gasteiger partial charge is 0.219 e. The van der Waals surface area contributed by atoms with Crippen molar-refractivity contribution in [2.24, 2.45) is 10.9 Å². The molecule has 0 bridgehead atoms. The summed E-state index contributed by atoms with van der Waals surface area (Å²) in [7, 11) is 0. The Balaban J connectivity index is 3.38. The fourth-order valence-electron chi connectivity index (χ4n) is 0.328. The highest BCUT2D eigenvalue weighted by molar-refractivity contribution is 5.74. The lowest BCUT2D eigenvalue weighted by molar-refractivity contribution is -0.118. The van der Waals surface area contributed by atoms with E-state index in [4.69, 9.17) is 5.73 Å². The molecule has 0 aliphatic rings. The molecule has 0 heterocycles. The summed E-state index contributed by atoms with van der Waals surface area (Å²) in [5.74, 6) is -0.489. The average Bonchev–Trinajstić information content (AvgIpc) is 1.65. The van der Waals surface area contributed by atoms with Crippen LogP contribution in [0.25, 0.3) is 0 Å². The van der Waals surface area contributed by atoms with E-state index >= 15 is 0 Å². The maximum Gasteiger partial charge on any atom is 0.219 e. The maximum absolute atomic E-state index is 9.99. The topological polar surface area (TPSA) is 72.5 Å². The number of primary amides is 1. The van der Waals surface area contributed by atoms with Crippen LogP contribution in [0.5, 0.6) is 0 Å². The van der Waals surface area contributed by atoms with E-state index in [1.165, 1.54) is 6.92 Å². The van der Waals surface area contributed by atoms with Crippen LogP contribution in [-0.2, 0) is 4.79 Å². The van der Waals surface area contributed by atoms with E-state index in [0.717, 1.165) is 0 Å². The van der Waals surface area contributed by atoms with Crippen molar-refractivity contribution in [3.8, 4) is 0 Å². The van der Waals surface area contributed by atoms with Gasteiger partial charge >= 0.3 is 0 Å². The summed E-state index contributed by atoms with van der Waals surface area (Å²) in [6.07, 6.45) is 0.0451. The molecule has 0 aromatic heterocycles. The summed E-state index contributed by atoms with van der Waals surface area (Å²) < 4.78 is 0. The third kappa shape index (κ3) is 3.27. The molecule has 8 heavy (non-hydrogen) atoms. The summed E-state index contributed by atoms with van der Waals surface area (Å²) in [6.45, 7) is 1.54. The highest BCUT2D eigenvalue weighted by atomic mass is 16.3. The monoisotopic (exact) mass is 116 g/mol. The molecular formula is C4H8N2O2. The number of carbonyl (C=O) groups excluding carboxylic acids is 1. The summed E-state index contributed by atoms with van der Waals surface area (Å²) >= 11 is 0. The van der Waals surface area contributed by atoms with Crippen molar-refractivity contribution in [1.29, 1.82) is 0 Å². The molecule has 0 aliphatic carbocycles. The Bertz CT molecular complexity index is 102. The van der Waals surface area contributed by atoms with Crippen molar-refractivity contribution in [1.82, 2.24) is 0 Å². The summed E-state index contributed by atoms with van der Waals surface area (Å²) in [5, 5.41) is 2.58. The molecule has 0 rings (SSSR count). The zero-order chi connectivity index (χ0) is 6.57. The van der Waals surface area contributed by atoms with E-state index in [1.54, 1.807) is 0 Å². The third-order valence-electron chi connectivity index (χ3n) is 0.677. The second kappa shape index (κ2) is 3.12. The van der Waals surface area contributed by atoms with Crippen LogP contribution in [0, 0.1) is 4.91 Å². The number of hydrogen-bond acceptors (Lipinski definition) is 3. The normalized spacial score (nSPS) is 12.6. The first-order valence-corrected chi connectivity index (χ1v) is 2.27. The van der Waals surface area contributed by atoms with Gasteiger partial charge in [0.1, 0.15) is 0 Å². The molecule has 0 saturated carbocycles. The lowest BCUT2D eigenvalue weighted by Gasteiger charge is -1.93. The van der Waals surface area contributed by atoms with Crippen LogP contribution in [0.2, 0.25) is 0 Å². The summed E-state index contributed by atoms with van der Waals surface area (Å²) in [5.41, 5.74) is 4.73.